The van der Waals surface area contributed by atoms with Gasteiger partial charge < -0.3 is 14.7 Å². The van der Waals surface area contributed by atoms with Crippen LogP contribution in [0.3, 0.4) is 0 Å². The van der Waals surface area contributed by atoms with Gasteiger partial charge in [0.15, 0.2) is 5.65 Å². The molecule has 5 rings (SSSR count). The molecule has 2 fully saturated rings. The summed E-state index contributed by atoms with van der Waals surface area (Å²) >= 11 is 9.99. The summed E-state index contributed by atoms with van der Waals surface area (Å²) in [5.74, 6) is 0.931. The van der Waals surface area contributed by atoms with E-state index < -0.39 is 0 Å². The fraction of sp³-hybridized carbons (Fsp3) is 0.522. The number of fused-ring (bicyclic) bond motifs is 1. The Morgan fingerprint density at radius 1 is 1.03 bits per heavy atom. The maximum atomic E-state index is 6.56. The quantitative estimate of drug-likeness (QED) is 0.487. The van der Waals surface area contributed by atoms with Gasteiger partial charge in [-0.3, -0.25) is 5.10 Å². The summed E-state index contributed by atoms with van der Waals surface area (Å²) in [6, 6.07) is 4.29. The Morgan fingerprint density at radius 2 is 1.78 bits per heavy atom. The molecule has 170 valence electrons. The van der Waals surface area contributed by atoms with E-state index in [0.29, 0.717) is 4.73 Å². The third kappa shape index (κ3) is 4.58. The number of rotatable bonds is 6. The van der Waals surface area contributed by atoms with Crippen LogP contribution in [0.1, 0.15) is 30.4 Å². The molecule has 2 saturated heterocycles. The van der Waals surface area contributed by atoms with Crippen LogP contribution in [0.15, 0.2) is 23.1 Å². The van der Waals surface area contributed by atoms with E-state index in [1.807, 2.05) is 0 Å². The number of nitrogens with zero attached hydrogens (tertiary/aromatic N) is 6. The lowest BCUT2D eigenvalue weighted by Crippen LogP contribution is -2.47. The van der Waals surface area contributed by atoms with Crippen LogP contribution in [0, 0.1) is 6.92 Å². The molecule has 3 aromatic rings. The van der Waals surface area contributed by atoms with Gasteiger partial charge in [-0.05, 0) is 91.4 Å². The molecule has 0 spiro atoms. The van der Waals surface area contributed by atoms with Gasteiger partial charge in [0.05, 0.1) is 11.6 Å². The van der Waals surface area contributed by atoms with Crippen molar-refractivity contribution in [1.29, 1.82) is 0 Å². The van der Waals surface area contributed by atoms with Gasteiger partial charge in [0.1, 0.15) is 5.82 Å². The zero-order valence-electron chi connectivity index (χ0n) is 18.4. The van der Waals surface area contributed by atoms with Crippen LogP contribution in [-0.2, 0) is 6.42 Å². The van der Waals surface area contributed by atoms with E-state index >= 15 is 0 Å². The molecule has 32 heavy (non-hydrogen) atoms. The molecule has 4 heterocycles. The Balaban J connectivity index is 1.27. The van der Waals surface area contributed by atoms with Crippen LogP contribution in [-0.4, -0.2) is 70.9 Å². The molecule has 7 nitrogen and oxygen atoms in total. The van der Waals surface area contributed by atoms with E-state index in [9.17, 15) is 0 Å². The Bertz CT molecular complexity index is 1090. The molecule has 0 aliphatic carbocycles. The molecule has 0 amide bonds. The first kappa shape index (κ1) is 21.9. The minimum absolute atomic E-state index is 0.580. The molecule has 1 aromatic carbocycles. The summed E-state index contributed by atoms with van der Waals surface area (Å²) in [6.07, 6.45) is 6.79. The minimum Gasteiger partial charge on any atom is -0.368 e. The minimum atomic E-state index is 0.580. The topological polar surface area (TPSA) is 64.2 Å². The van der Waals surface area contributed by atoms with E-state index in [2.05, 4.69) is 69.9 Å². The summed E-state index contributed by atoms with van der Waals surface area (Å²) in [7, 11) is 0. The van der Waals surface area contributed by atoms with Crippen molar-refractivity contribution in [1.82, 2.24) is 25.1 Å². The second-order valence-electron chi connectivity index (χ2n) is 8.78. The highest BCUT2D eigenvalue weighted by atomic mass is 79.9. The van der Waals surface area contributed by atoms with E-state index in [1.165, 1.54) is 55.7 Å². The highest BCUT2D eigenvalue weighted by Gasteiger charge is 2.23. The van der Waals surface area contributed by atoms with Gasteiger partial charge in [0.25, 0.3) is 0 Å². The van der Waals surface area contributed by atoms with Crippen LogP contribution in [0.25, 0.3) is 11.0 Å². The predicted octanol–water partition coefficient (Wildman–Crippen LogP) is 4.43. The summed E-state index contributed by atoms with van der Waals surface area (Å²) in [4.78, 5) is 16.4. The van der Waals surface area contributed by atoms with Crippen molar-refractivity contribution < 1.29 is 0 Å². The molecule has 2 aliphatic heterocycles. The van der Waals surface area contributed by atoms with Gasteiger partial charge in [-0.2, -0.15) is 5.10 Å². The van der Waals surface area contributed by atoms with Crippen LogP contribution < -0.4 is 9.80 Å². The zero-order chi connectivity index (χ0) is 22.1. The molecule has 1 N–H and O–H groups in total. The highest BCUT2D eigenvalue weighted by Crippen LogP contribution is 2.31. The van der Waals surface area contributed by atoms with E-state index in [-0.39, 0.29) is 0 Å². The monoisotopic (exact) mass is 517 g/mol. The second kappa shape index (κ2) is 9.53. The van der Waals surface area contributed by atoms with E-state index in [4.69, 9.17) is 11.6 Å². The fourth-order valence-electron chi connectivity index (χ4n) is 5.00. The van der Waals surface area contributed by atoms with E-state index in [1.54, 1.807) is 6.20 Å². The molecule has 0 saturated carbocycles. The largest absolute Gasteiger partial charge is 0.368 e. The third-order valence-corrected chi connectivity index (χ3v) is 7.33. The van der Waals surface area contributed by atoms with E-state index in [0.717, 1.165) is 54.5 Å². The van der Waals surface area contributed by atoms with Crippen molar-refractivity contribution in [2.45, 2.75) is 32.6 Å². The average molecular weight is 519 g/mol. The molecule has 0 unspecified atom stereocenters. The normalized spacial score (nSPS) is 17.6. The van der Waals surface area contributed by atoms with Crippen molar-refractivity contribution in [3.8, 4) is 0 Å². The van der Waals surface area contributed by atoms with Gasteiger partial charge in [-0.15, -0.1) is 0 Å². The van der Waals surface area contributed by atoms with Gasteiger partial charge in [-0.1, -0.05) is 11.6 Å². The molecule has 0 atom stereocenters. The lowest BCUT2D eigenvalue weighted by Gasteiger charge is -2.38. The average Bonchev–Trinajstić information content (AvgIpc) is 3.47. The van der Waals surface area contributed by atoms with Gasteiger partial charge >= 0.3 is 0 Å². The first-order chi connectivity index (χ1) is 15.6. The standard InChI is InChI=1S/C23H29BrClN7/c1-16-17(5-4-8-30-6-2-3-7-30)13-18(25)14-20(16)31-9-11-32(12-10-31)22-19-15-26-29-21(19)27-23(24)28-22/h13-15H,2-12H2,1H3,(H,26,27,28,29). The van der Waals surface area contributed by atoms with Crippen molar-refractivity contribution in [3.05, 3.63) is 39.2 Å². The summed E-state index contributed by atoms with van der Waals surface area (Å²) < 4.78 is 0.580. The number of benzene rings is 1. The molecule has 9 heteroatoms. The maximum Gasteiger partial charge on any atom is 0.200 e. The van der Waals surface area contributed by atoms with Gasteiger partial charge in [0, 0.05) is 36.9 Å². The van der Waals surface area contributed by atoms with Crippen molar-refractivity contribution in [3.63, 3.8) is 0 Å². The molecular formula is C23H29BrClN7. The number of aryl methyl sites for hydroxylation is 1. The summed E-state index contributed by atoms with van der Waals surface area (Å²) in [5, 5.41) is 8.88. The van der Waals surface area contributed by atoms with Gasteiger partial charge in [0.2, 0.25) is 4.73 Å². The molecular weight excluding hydrogens is 490 g/mol. The Labute approximate surface area is 202 Å². The molecule has 0 bridgehead atoms. The first-order valence-electron chi connectivity index (χ1n) is 11.5. The molecule has 2 aliphatic rings. The number of hydrogen-bond acceptors (Lipinski definition) is 6. The number of likely N-dealkylation sites (tertiary alicyclic amines) is 1. The number of piperazine rings is 1. The maximum absolute atomic E-state index is 6.56. The van der Waals surface area contributed by atoms with Crippen LogP contribution in [0.4, 0.5) is 11.5 Å². The van der Waals surface area contributed by atoms with Crippen molar-refractivity contribution in [2.75, 3.05) is 55.6 Å². The number of aromatic amines is 1. The Hall–Kier alpha value is -1.90. The number of aromatic nitrogens is 4. The lowest BCUT2D eigenvalue weighted by molar-refractivity contribution is 0.334. The highest BCUT2D eigenvalue weighted by molar-refractivity contribution is 9.10. The molecule has 2 aromatic heterocycles. The number of hydrogen-bond donors (Lipinski definition) is 1. The first-order valence-corrected chi connectivity index (χ1v) is 12.6. The number of anilines is 2. The van der Waals surface area contributed by atoms with Gasteiger partial charge in [-0.25, -0.2) is 9.97 Å². The Kier molecular flexibility index (Phi) is 6.53. The number of nitrogens with one attached hydrogen (secondary N) is 1. The zero-order valence-corrected chi connectivity index (χ0v) is 20.8. The third-order valence-electron chi connectivity index (χ3n) is 6.75. The fourth-order valence-corrected chi connectivity index (χ4v) is 5.58. The van der Waals surface area contributed by atoms with Crippen LogP contribution >= 0.6 is 27.5 Å². The number of H-pyrrole nitrogens is 1. The Morgan fingerprint density at radius 3 is 2.56 bits per heavy atom. The smallest absolute Gasteiger partial charge is 0.200 e. The lowest BCUT2D eigenvalue weighted by atomic mass is 10.0. The summed E-state index contributed by atoms with van der Waals surface area (Å²) in [6.45, 7) is 9.59. The second-order valence-corrected chi connectivity index (χ2v) is 9.93. The van der Waals surface area contributed by atoms with Crippen molar-refractivity contribution in [2.24, 2.45) is 0 Å². The van der Waals surface area contributed by atoms with Crippen molar-refractivity contribution >= 4 is 50.1 Å². The SMILES string of the molecule is Cc1c(CCCN2CCCC2)cc(Cl)cc1N1CCN(c2nc(Br)nc3[nH]ncc23)CC1. The summed E-state index contributed by atoms with van der Waals surface area (Å²) in [5.41, 5.74) is 4.78. The molecule has 0 radical (unpaired) electrons. The van der Waals surface area contributed by atoms with Crippen LogP contribution in [0.2, 0.25) is 5.02 Å². The predicted molar refractivity (Wildman–Crippen MR) is 134 cm³/mol. The van der Waals surface area contributed by atoms with Crippen LogP contribution in [0.5, 0.6) is 0 Å². The number of halogens is 2.